The Kier molecular flexibility index (Phi) is 6.40. The van der Waals surface area contributed by atoms with E-state index in [0.717, 1.165) is 18.4 Å². The minimum Gasteiger partial charge on any atom is -0.480 e. The quantitative estimate of drug-likeness (QED) is 0.742. The molecule has 0 bridgehead atoms. The summed E-state index contributed by atoms with van der Waals surface area (Å²) >= 11 is 6.42. The van der Waals surface area contributed by atoms with E-state index in [1.807, 2.05) is 36.1 Å². The van der Waals surface area contributed by atoms with E-state index in [9.17, 15) is 9.59 Å². The van der Waals surface area contributed by atoms with Crippen molar-refractivity contribution in [3.05, 3.63) is 34.9 Å². The molecule has 2 N–H and O–H groups in total. The first kappa shape index (κ1) is 20.1. The van der Waals surface area contributed by atoms with Gasteiger partial charge in [-0.05, 0) is 43.9 Å². The van der Waals surface area contributed by atoms with Gasteiger partial charge in [0.05, 0.1) is 12.0 Å². The highest BCUT2D eigenvalue weighted by Crippen LogP contribution is 2.39. The first-order valence-electron chi connectivity index (χ1n) is 9.56. The SMILES string of the molecule is CCN(CC(=O)O)C1CC(NC(=O)C2(c3ccccc3Cl)CCOCC2)C1. The number of carbonyl (C=O) groups excluding carboxylic acids is 1. The average Bonchev–Trinajstić information content (AvgIpc) is 2.63. The number of ether oxygens (including phenoxy) is 1. The number of carboxylic acid groups (broad SMARTS) is 1. The second-order valence-corrected chi connectivity index (χ2v) is 7.83. The summed E-state index contributed by atoms with van der Waals surface area (Å²) in [5.41, 5.74) is 0.206. The van der Waals surface area contributed by atoms with Crippen molar-refractivity contribution < 1.29 is 19.4 Å². The zero-order valence-corrected chi connectivity index (χ0v) is 16.4. The van der Waals surface area contributed by atoms with Crippen molar-refractivity contribution in [2.24, 2.45) is 0 Å². The first-order chi connectivity index (χ1) is 13.0. The molecular formula is C20H27ClN2O4. The van der Waals surface area contributed by atoms with Gasteiger partial charge in [0.1, 0.15) is 0 Å². The van der Waals surface area contributed by atoms with E-state index in [-0.39, 0.29) is 24.5 Å². The molecule has 2 aliphatic rings. The van der Waals surface area contributed by atoms with Crippen LogP contribution in [0.2, 0.25) is 5.02 Å². The fourth-order valence-corrected chi connectivity index (χ4v) is 4.50. The van der Waals surface area contributed by atoms with Crippen LogP contribution < -0.4 is 5.32 Å². The lowest BCUT2D eigenvalue weighted by molar-refractivity contribution is -0.140. The summed E-state index contributed by atoms with van der Waals surface area (Å²) in [5, 5.41) is 12.8. The number of carboxylic acids is 1. The van der Waals surface area contributed by atoms with Gasteiger partial charge in [-0.3, -0.25) is 14.5 Å². The predicted octanol–water partition coefficient (Wildman–Crippen LogP) is 2.44. The molecule has 0 unspecified atom stereocenters. The average molecular weight is 395 g/mol. The Labute approximate surface area is 164 Å². The molecule has 1 aromatic carbocycles. The van der Waals surface area contributed by atoms with Crippen molar-refractivity contribution in [1.29, 1.82) is 0 Å². The Balaban J connectivity index is 1.67. The smallest absolute Gasteiger partial charge is 0.317 e. The van der Waals surface area contributed by atoms with Crippen LogP contribution in [0.1, 0.15) is 38.2 Å². The van der Waals surface area contributed by atoms with Gasteiger partial charge in [0, 0.05) is 30.3 Å². The normalized spacial score (nSPS) is 24.3. The van der Waals surface area contributed by atoms with Gasteiger partial charge in [-0.2, -0.15) is 0 Å². The van der Waals surface area contributed by atoms with Gasteiger partial charge < -0.3 is 15.2 Å². The molecule has 148 valence electrons. The Hall–Kier alpha value is -1.63. The zero-order valence-electron chi connectivity index (χ0n) is 15.6. The summed E-state index contributed by atoms with van der Waals surface area (Å²) < 4.78 is 5.50. The number of carbonyl (C=O) groups is 2. The maximum Gasteiger partial charge on any atom is 0.317 e. The topological polar surface area (TPSA) is 78.9 Å². The number of nitrogens with zero attached hydrogens (tertiary/aromatic N) is 1. The van der Waals surface area contributed by atoms with E-state index in [0.29, 0.717) is 37.6 Å². The fraction of sp³-hybridized carbons (Fsp3) is 0.600. The summed E-state index contributed by atoms with van der Waals surface area (Å²) in [6.45, 7) is 3.77. The maximum atomic E-state index is 13.3. The van der Waals surface area contributed by atoms with Gasteiger partial charge in [0.2, 0.25) is 5.91 Å². The molecule has 1 aromatic rings. The molecule has 0 aromatic heterocycles. The van der Waals surface area contributed by atoms with Crippen LogP contribution >= 0.6 is 11.6 Å². The van der Waals surface area contributed by atoms with Crippen LogP contribution in [0.3, 0.4) is 0 Å². The van der Waals surface area contributed by atoms with E-state index >= 15 is 0 Å². The van der Waals surface area contributed by atoms with E-state index in [1.54, 1.807) is 0 Å². The summed E-state index contributed by atoms with van der Waals surface area (Å²) in [6.07, 6.45) is 2.78. The van der Waals surface area contributed by atoms with E-state index in [4.69, 9.17) is 21.4 Å². The molecule has 0 radical (unpaired) electrons. The molecule has 7 heteroatoms. The van der Waals surface area contributed by atoms with E-state index < -0.39 is 11.4 Å². The molecule has 0 atom stereocenters. The maximum absolute atomic E-state index is 13.3. The van der Waals surface area contributed by atoms with Crippen LogP contribution in [0.4, 0.5) is 0 Å². The summed E-state index contributed by atoms with van der Waals surface area (Å²) in [6, 6.07) is 7.83. The highest BCUT2D eigenvalue weighted by Gasteiger charge is 2.45. The number of benzene rings is 1. The molecular weight excluding hydrogens is 368 g/mol. The van der Waals surface area contributed by atoms with Crippen molar-refractivity contribution in [2.45, 2.75) is 50.1 Å². The van der Waals surface area contributed by atoms with Gasteiger partial charge in [0.25, 0.3) is 0 Å². The Morgan fingerprint density at radius 3 is 2.56 bits per heavy atom. The summed E-state index contributed by atoms with van der Waals surface area (Å²) in [7, 11) is 0. The lowest BCUT2D eigenvalue weighted by Gasteiger charge is -2.44. The lowest BCUT2D eigenvalue weighted by Crippen LogP contribution is -2.58. The van der Waals surface area contributed by atoms with Crippen molar-refractivity contribution in [2.75, 3.05) is 26.3 Å². The van der Waals surface area contributed by atoms with Gasteiger partial charge >= 0.3 is 5.97 Å². The molecule has 1 aliphatic heterocycles. The molecule has 0 spiro atoms. The van der Waals surface area contributed by atoms with Crippen LogP contribution in [0.25, 0.3) is 0 Å². The second-order valence-electron chi connectivity index (χ2n) is 7.43. The third kappa shape index (κ3) is 4.28. The zero-order chi connectivity index (χ0) is 19.4. The lowest BCUT2D eigenvalue weighted by atomic mass is 9.72. The van der Waals surface area contributed by atoms with Gasteiger partial charge in [-0.25, -0.2) is 0 Å². The molecule has 1 amide bonds. The highest BCUT2D eigenvalue weighted by atomic mass is 35.5. The van der Waals surface area contributed by atoms with E-state index in [1.165, 1.54) is 0 Å². The Morgan fingerprint density at radius 2 is 1.96 bits per heavy atom. The first-order valence-corrected chi connectivity index (χ1v) is 9.93. The largest absolute Gasteiger partial charge is 0.480 e. The summed E-state index contributed by atoms with van der Waals surface area (Å²) in [4.78, 5) is 26.2. The molecule has 1 heterocycles. The number of hydrogen-bond donors (Lipinski definition) is 2. The van der Waals surface area contributed by atoms with Crippen molar-refractivity contribution in [3.8, 4) is 0 Å². The molecule has 1 saturated carbocycles. The monoisotopic (exact) mass is 394 g/mol. The molecule has 27 heavy (non-hydrogen) atoms. The molecule has 1 aliphatic carbocycles. The van der Waals surface area contributed by atoms with Crippen LogP contribution in [-0.4, -0.2) is 60.3 Å². The number of aliphatic carboxylic acids is 1. The number of halogens is 1. The van der Waals surface area contributed by atoms with Crippen molar-refractivity contribution in [1.82, 2.24) is 10.2 Å². The standard InChI is InChI=1S/C20H27ClN2O4/c1-2-23(13-18(24)25)15-11-14(12-15)22-19(26)20(7-9-27-10-8-20)16-5-3-4-6-17(16)21/h3-6,14-15H,2,7-13H2,1H3,(H,22,26)(H,24,25). The van der Waals surface area contributed by atoms with Gasteiger partial charge in [-0.1, -0.05) is 36.7 Å². The minimum atomic E-state index is -0.816. The minimum absolute atomic E-state index is 0.00336. The summed E-state index contributed by atoms with van der Waals surface area (Å²) in [5.74, 6) is -0.812. The van der Waals surface area contributed by atoms with Crippen LogP contribution in [-0.2, 0) is 19.7 Å². The Morgan fingerprint density at radius 1 is 1.30 bits per heavy atom. The van der Waals surface area contributed by atoms with Crippen molar-refractivity contribution in [3.63, 3.8) is 0 Å². The van der Waals surface area contributed by atoms with Crippen molar-refractivity contribution >= 4 is 23.5 Å². The van der Waals surface area contributed by atoms with E-state index in [2.05, 4.69) is 5.32 Å². The predicted molar refractivity (Wildman–Crippen MR) is 103 cm³/mol. The van der Waals surface area contributed by atoms with Crippen LogP contribution in [0.15, 0.2) is 24.3 Å². The second kappa shape index (κ2) is 8.59. The van der Waals surface area contributed by atoms with Gasteiger partial charge in [-0.15, -0.1) is 0 Å². The van der Waals surface area contributed by atoms with Crippen LogP contribution in [0.5, 0.6) is 0 Å². The number of nitrogens with one attached hydrogen (secondary N) is 1. The highest BCUT2D eigenvalue weighted by molar-refractivity contribution is 6.31. The number of hydrogen-bond acceptors (Lipinski definition) is 4. The third-order valence-electron chi connectivity index (χ3n) is 5.88. The molecule has 1 saturated heterocycles. The Bertz CT molecular complexity index is 684. The molecule has 3 rings (SSSR count). The van der Waals surface area contributed by atoms with Crippen LogP contribution in [0, 0.1) is 0 Å². The third-order valence-corrected chi connectivity index (χ3v) is 6.21. The van der Waals surface area contributed by atoms with Gasteiger partial charge in [0.15, 0.2) is 0 Å². The fourth-order valence-electron chi connectivity index (χ4n) is 4.19. The number of likely N-dealkylation sites (N-methyl/N-ethyl adjacent to an activating group) is 1. The number of amides is 1. The molecule has 6 nitrogen and oxygen atoms in total. The number of rotatable bonds is 7. The molecule has 2 fully saturated rings.